The summed E-state index contributed by atoms with van der Waals surface area (Å²) in [5.74, 6) is -1.38. The normalized spacial score (nSPS) is 10.7. The van der Waals surface area contributed by atoms with Crippen molar-refractivity contribution in [2.45, 2.75) is 26.7 Å². The van der Waals surface area contributed by atoms with E-state index in [1.807, 2.05) is 32.0 Å². The number of aryl methyl sites for hydroxylation is 2. The average molecular weight is 301 g/mol. The van der Waals surface area contributed by atoms with E-state index in [-0.39, 0.29) is 12.0 Å². The summed E-state index contributed by atoms with van der Waals surface area (Å²) >= 11 is 0. The standard InChI is InChI=1S/C16H19N3O3/c1-11-5-6-14(12(2)8-11)19-16(22)13(9-17)10-18-7-3-4-15(20)21/h5-6,8,10,18H,3-4,7H2,1-2H3,(H,19,22)(H,20,21)/b13-10-. The molecule has 0 heterocycles. The van der Waals surface area contributed by atoms with E-state index >= 15 is 0 Å². The summed E-state index contributed by atoms with van der Waals surface area (Å²) in [5, 5.41) is 23.0. The first-order chi connectivity index (χ1) is 10.4. The fraction of sp³-hybridized carbons (Fsp3) is 0.312. The molecule has 0 atom stereocenters. The molecule has 116 valence electrons. The predicted octanol–water partition coefficient (Wildman–Crippen LogP) is 2.10. The maximum absolute atomic E-state index is 12.0. The fourth-order valence-electron chi connectivity index (χ4n) is 1.81. The highest BCUT2D eigenvalue weighted by atomic mass is 16.4. The lowest BCUT2D eigenvalue weighted by molar-refractivity contribution is -0.137. The van der Waals surface area contributed by atoms with Gasteiger partial charge in [-0.05, 0) is 31.9 Å². The van der Waals surface area contributed by atoms with Gasteiger partial charge in [0.25, 0.3) is 5.91 Å². The Labute approximate surface area is 129 Å². The van der Waals surface area contributed by atoms with Crippen LogP contribution in [0, 0.1) is 25.2 Å². The van der Waals surface area contributed by atoms with Gasteiger partial charge in [0.15, 0.2) is 0 Å². The summed E-state index contributed by atoms with van der Waals surface area (Å²) < 4.78 is 0. The molecule has 0 aliphatic heterocycles. The van der Waals surface area contributed by atoms with Crippen molar-refractivity contribution in [3.63, 3.8) is 0 Å². The quantitative estimate of drug-likeness (QED) is 0.406. The zero-order chi connectivity index (χ0) is 16.5. The van der Waals surface area contributed by atoms with Crippen LogP contribution in [0.15, 0.2) is 30.0 Å². The summed E-state index contributed by atoms with van der Waals surface area (Å²) in [7, 11) is 0. The molecular weight excluding hydrogens is 282 g/mol. The molecule has 0 radical (unpaired) electrons. The maximum Gasteiger partial charge on any atom is 0.303 e. The fourth-order valence-corrected chi connectivity index (χ4v) is 1.81. The van der Waals surface area contributed by atoms with E-state index in [0.29, 0.717) is 18.7 Å². The van der Waals surface area contributed by atoms with Gasteiger partial charge in [-0.15, -0.1) is 0 Å². The second-order valence-electron chi connectivity index (χ2n) is 4.89. The Balaban J connectivity index is 2.60. The van der Waals surface area contributed by atoms with E-state index < -0.39 is 11.9 Å². The third-order valence-corrected chi connectivity index (χ3v) is 2.95. The van der Waals surface area contributed by atoms with Crippen molar-refractivity contribution in [3.05, 3.63) is 41.1 Å². The number of hydrogen-bond acceptors (Lipinski definition) is 4. The van der Waals surface area contributed by atoms with E-state index in [1.54, 1.807) is 6.07 Å². The van der Waals surface area contributed by atoms with Gasteiger partial charge in [0.2, 0.25) is 0 Å². The van der Waals surface area contributed by atoms with E-state index in [0.717, 1.165) is 11.1 Å². The number of nitrogens with zero attached hydrogens (tertiary/aromatic N) is 1. The second kappa shape index (κ2) is 8.47. The summed E-state index contributed by atoms with van der Waals surface area (Å²) in [5.41, 5.74) is 2.60. The number of anilines is 1. The topological polar surface area (TPSA) is 102 Å². The van der Waals surface area contributed by atoms with Gasteiger partial charge in [0.05, 0.1) is 0 Å². The molecule has 1 amide bonds. The number of rotatable bonds is 7. The molecule has 1 rings (SSSR count). The average Bonchev–Trinajstić information content (AvgIpc) is 2.45. The van der Waals surface area contributed by atoms with Crippen molar-refractivity contribution in [3.8, 4) is 6.07 Å². The largest absolute Gasteiger partial charge is 0.481 e. The molecule has 0 fully saturated rings. The molecule has 0 aliphatic rings. The molecule has 0 aliphatic carbocycles. The summed E-state index contributed by atoms with van der Waals surface area (Å²) in [4.78, 5) is 22.4. The first-order valence-corrected chi connectivity index (χ1v) is 6.88. The molecule has 0 saturated carbocycles. The molecule has 1 aromatic rings. The van der Waals surface area contributed by atoms with Crippen molar-refractivity contribution < 1.29 is 14.7 Å². The Morgan fingerprint density at radius 1 is 1.36 bits per heavy atom. The number of nitriles is 1. The zero-order valence-corrected chi connectivity index (χ0v) is 12.6. The lowest BCUT2D eigenvalue weighted by Crippen LogP contribution is -2.18. The summed E-state index contributed by atoms with van der Waals surface area (Å²) in [6, 6.07) is 7.43. The smallest absolute Gasteiger partial charge is 0.303 e. The van der Waals surface area contributed by atoms with Crippen LogP contribution >= 0.6 is 0 Å². The molecule has 6 heteroatoms. The number of amides is 1. The van der Waals surface area contributed by atoms with Gasteiger partial charge in [-0.1, -0.05) is 17.7 Å². The van der Waals surface area contributed by atoms with Crippen LogP contribution in [0.3, 0.4) is 0 Å². The highest BCUT2D eigenvalue weighted by Crippen LogP contribution is 2.16. The number of carboxylic acids is 1. The van der Waals surface area contributed by atoms with Gasteiger partial charge in [-0.2, -0.15) is 5.26 Å². The Hall–Kier alpha value is -2.81. The number of benzene rings is 1. The second-order valence-corrected chi connectivity index (χ2v) is 4.89. The van der Waals surface area contributed by atoms with Crippen LogP contribution in [0.4, 0.5) is 5.69 Å². The van der Waals surface area contributed by atoms with Gasteiger partial charge >= 0.3 is 5.97 Å². The zero-order valence-electron chi connectivity index (χ0n) is 12.6. The minimum Gasteiger partial charge on any atom is -0.481 e. The molecule has 3 N–H and O–H groups in total. The van der Waals surface area contributed by atoms with Gasteiger partial charge in [-0.3, -0.25) is 9.59 Å². The number of carbonyl (C=O) groups excluding carboxylic acids is 1. The van der Waals surface area contributed by atoms with Crippen molar-refractivity contribution in [1.29, 1.82) is 5.26 Å². The number of hydrogen-bond donors (Lipinski definition) is 3. The monoisotopic (exact) mass is 301 g/mol. The Morgan fingerprint density at radius 3 is 2.68 bits per heavy atom. The molecule has 0 aromatic heterocycles. The third kappa shape index (κ3) is 5.67. The number of carbonyl (C=O) groups is 2. The molecule has 6 nitrogen and oxygen atoms in total. The van der Waals surface area contributed by atoms with Crippen LogP contribution in [0.5, 0.6) is 0 Å². The van der Waals surface area contributed by atoms with E-state index in [9.17, 15) is 9.59 Å². The van der Waals surface area contributed by atoms with Crippen LogP contribution in [0.2, 0.25) is 0 Å². The molecule has 0 saturated heterocycles. The summed E-state index contributed by atoms with van der Waals surface area (Å²) in [6.45, 7) is 4.22. The first kappa shape index (κ1) is 17.2. The number of carboxylic acid groups (broad SMARTS) is 1. The Morgan fingerprint density at radius 2 is 2.09 bits per heavy atom. The van der Waals surface area contributed by atoms with Crippen LogP contribution < -0.4 is 10.6 Å². The Bertz CT molecular complexity index is 630. The van der Waals surface area contributed by atoms with Gasteiger partial charge in [-0.25, -0.2) is 0 Å². The third-order valence-electron chi connectivity index (χ3n) is 2.95. The van der Waals surface area contributed by atoms with Crippen LogP contribution in [0.1, 0.15) is 24.0 Å². The molecular formula is C16H19N3O3. The summed E-state index contributed by atoms with van der Waals surface area (Å²) in [6.07, 6.45) is 1.77. The van der Waals surface area contributed by atoms with Crippen molar-refractivity contribution in [1.82, 2.24) is 5.32 Å². The van der Waals surface area contributed by atoms with E-state index in [2.05, 4.69) is 10.6 Å². The van der Waals surface area contributed by atoms with Gasteiger partial charge in [0.1, 0.15) is 11.6 Å². The highest BCUT2D eigenvalue weighted by Gasteiger charge is 2.10. The minimum atomic E-state index is -0.876. The minimum absolute atomic E-state index is 0.0392. The first-order valence-electron chi connectivity index (χ1n) is 6.88. The van der Waals surface area contributed by atoms with Gasteiger partial charge < -0.3 is 15.7 Å². The molecule has 22 heavy (non-hydrogen) atoms. The lowest BCUT2D eigenvalue weighted by Gasteiger charge is -2.08. The molecule has 0 bridgehead atoms. The molecule has 1 aromatic carbocycles. The predicted molar refractivity (Wildman–Crippen MR) is 83.1 cm³/mol. The molecule has 0 unspecified atom stereocenters. The van der Waals surface area contributed by atoms with Crippen molar-refractivity contribution in [2.75, 3.05) is 11.9 Å². The Kier molecular flexibility index (Phi) is 6.64. The van der Waals surface area contributed by atoms with Crippen LogP contribution in [0.25, 0.3) is 0 Å². The number of aliphatic carboxylic acids is 1. The molecule has 0 spiro atoms. The van der Waals surface area contributed by atoms with Crippen LogP contribution in [-0.2, 0) is 9.59 Å². The van der Waals surface area contributed by atoms with Crippen molar-refractivity contribution >= 4 is 17.6 Å². The van der Waals surface area contributed by atoms with E-state index in [4.69, 9.17) is 10.4 Å². The highest BCUT2D eigenvalue weighted by molar-refractivity contribution is 6.06. The van der Waals surface area contributed by atoms with Gasteiger partial charge in [0, 0.05) is 24.9 Å². The number of nitrogens with one attached hydrogen (secondary N) is 2. The maximum atomic E-state index is 12.0. The lowest BCUT2D eigenvalue weighted by atomic mass is 10.1. The SMILES string of the molecule is Cc1ccc(NC(=O)/C(C#N)=C\NCCCC(=O)O)c(C)c1. The van der Waals surface area contributed by atoms with Crippen LogP contribution in [-0.4, -0.2) is 23.5 Å². The van der Waals surface area contributed by atoms with E-state index in [1.165, 1.54) is 6.20 Å². The van der Waals surface area contributed by atoms with Crippen molar-refractivity contribution in [2.24, 2.45) is 0 Å².